The Morgan fingerprint density at radius 2 is 1.74 bits per heavy atom. The van der Waals surface area contributed by atoms with Crippen LogP contribution in [-0.2, 0) is 16.1 Å². The lowest BCUT2D eigenvalue weighted by atomic mass is 10.0. The first-order valence-corrected chi connectivity index (χ1v) is 7.37. The SMILES string of the molecule is CCOC(=O)C[C@H](N)c1ccccc1OCc1ccccc1.Cl. The number of hydrogen-bond acceptors (Lipinski definition) is 4. The highest BCUT2D eigenvalue weighted by Crippen LogP contribution is 2.26. The van der Waals surface area contributed by atoms with Gasteiger partial charge in [-0.25, -0.2) is 0 Å². The van der Waals surface area contributed by atoms with E-state index < -0.39 is 6.04 Å². The van der Waals surface area contributed by atoms with Crippen LogP contribution in [0.3, 0.4) is 0 Å². The molecule has 0 aliphatic carbocycles. The lowest BCUT2D eigenvalue weighted by Crippen LogP contribution is -2.18. The Balaban J connectivity index is 0.00000264. The van der Waals surface area contributed by atoms with E-state index in [1.165, 1.54) is 0 Å². The lowest BCUT2D eigenvalue weighted by Gasteiger charge is -2.16. The van der Waals surface area contributed by atoms with Crippen LogP contribution in [0, 0.1) is 0 Å². The van der Waals surface area contributed by atoms with Gasteiger partial charge in [-0.05, 0) is 18.6 Å². The maximum Gasteiger partial charge on any atom is 0.307 e. The van der Waals surface area contributed by atoms with Gasteiger partial charge in [0.1, 0.15) is 12.4 Å². The molecule has 0 bridgehead atoms. The molecular weight excluding hydrogens is 314 g/mol. The van der Waals surface area contributed by atoms with E-state index >= 15 is 0 Å². The van der Waals surface area contributed by atoms with Crippen molar-refractivity contribution in [3.8, 4) is 5.75 Å². The first-order valence-electron chi connectivity index (χ1n) is 7.37. The Hall–Kier alpha value is -2.04. The van der Waals surface area contributed by atoms with E-state index in [0.717, 1.165) is 11.1 Å². The number of ether oxygens (including phenoxy) is 2. The Bertz CT molecular complexity index is 604. The monoisotopic (exact) mass is 335 g/mol. The van der Waals surface area contributed by atoms with Crippen LogP contribution >= 0.6 is 12.4 Å². The molecule has 0 heterocycles. The number of rotatable bonds is 7. The largest absolute Gasteiger partial charge is 0.489 e. The maximum absolute atomic E-state index is 11.6. The van der Waals surface area contributed by atoms with Crippen molar-refractivity contribution in [1.29, 1.82) is 0 Å². The van der Waals surface area contributed by atoms with E-state index in [0.29, 0.717) is 19.0 Å². The molecule has 0 aromatic heterocycles. The summed E-state index contributed by atoms with van der Waals surface area (Å²) in [6.45, 7) is 2.60. The maximum atomic E-state index is 11.6. The fourth-order valence-electron chi connectivity index (χ4n) is 2.16. The van der Waals surface area contributed by atoms with E-state index in [2.05, 4.69) is 0 Å². The minimum absolute atomic E-state index is 0. The van der Waals surface area contributed by atoms with E-state index in [9.17, 15) is 4.79 Å². The molecule has 0 spiro atoms. The van der Waals surface area contributed by atoms with E-state index in [1.54, 1.807) is 6.92 Å². The molecule has 4 nitrogen and oxygen atoms in total. The average molecular weight is 336 g/mol. The number of esters is 1. The molecule has 2 aromatic rings. The zero-order valence-corrected chi connectivity index (χ0v) is 13.9. The van der Waals surface area contributed by atoms with Crippen LogP contribution in [0.25, 0.3) is 0 Å². The van der Waals surface area contributed by atoms with Crippen LogP contribution in [0.5, 0.6) is 5.75 Å². The zero-order valence-electron chi connectivity index (χ0n) is 13.1. The predicted octanol–water partition coefficient (Wildman–Crippen LogP) is 3.64. The highest BCUT2D eigenvalue weighted by Gasteiger charge is 2.16. The molecule has 2 aromatic carbocycles. The second kappa shape index (κ2) is 9.87. The molecule has 5 heteroatoms. The third-order valence-corrected chi connectivity index (χ3v) is 3.25. The summed E-state index contributed by atoms with van der Waals surface area (Å²) in [5, 5.41) is 0. The van der Waals surface area contributed by atoms with Gasteiger partial charge in [0.25, 0.3) is 0 Å². The van der Waals surface area contributed by atoms with Crippen LogP contribution in [-0.4, -0.2) is 12.6 Å². The number of nitrogens with two attached hydrogens (primary N) is 1. The molecule has 124 valence electrons. The molecule has 0 saturated heterocycles. The number of carbonyl (C=O) groups is 1. The highest BCUT2D eigenvalue weighted by molar-refractivity contribution is 5.85. The summed E-state index contributed by atoms with van der Waals surface area (Å²) in [5.41, 5.74) is 8.01. The van der Waals surface area contributed by atoms with E-state index in [1.807, 2.05) is 54.6 Å². The number of hydrogen-bond donors (Lipinski definition) is 1. The van der Waals surface area contributed by atoms with Crippen molar-refractivity contribution in [3.05, 3.63) is 65.7 Å². The number of benzene rings is 2. The third-order valence-electron chi connectivity index (χ3n) is 3.25. The lowest BCUT2D eigenvalue weighted by molar-refractivity contribution is -0.143. The summed E-state index contributed by atoms with van der Waals surface area (Å²) in [7, 11) is 0. The minimum Gasteiger partial charge on any atom is -0.489 e. The fraction of sp³-hybridized carbons (Fsp3) is 0.278. The molecule has 0 saturated carbocycles. The number of halogens is 1. The second-order valence-electron chi connectivity index (χ2n) is 4.93. The van der Waals surface area contributed by atoms with Crippen molar-refractivity contribution in [2.24, 2.45) is 5.73 Å². The van der Waals surface area contributed by atoms with Gasteiger partial charge in [0.15, 0.2) is 0 Å². The summed E-state index contributed by atoms with van der Waals surface area (Å²) >= 11 is 0. The molecule has 2 rings (SSSR count). The Kier molecular flexibility index (Phi) is 8.16. The fourth-order valence-corrected chi connectivity index (χ4v) is 2.16. The van der Waals surface area contributed by atoms with Crippen molar-refractivity contribution in [2.75, 3.05) is 6.61 Å². The molecule has 2 N–H and O–H groups in total. The van der Waals surface area contributed by atoms with Crippen LogP contribution in [0.1, 0.15) is 30.5 Å². The van der Waals surface area contributed by atoms with Crippen molar-refractivity contribution in [3.63, 3.8) is 0 Å². The molecule has 23 heavy (non-hydrogen) atoms. The molecule has 0 unspecified atom stereocenters. The molecule has 0 aliphatic heterocycles. The first kappa shape index (κ1) is 19.0. The van der Waals surface area contributed by atoms with Gasteiger partial charge < -0.3 is 15.2 Å². The van der Waals surface area contributed by atoms with Gasteiger partial charge >= 0.3 is 5.97 Å². The molecule has 0 amide bonds. The van der Waals surface area contributed by atoms with Crippen molar-refractivity contribution in [1.82, 2.24) is 0 Å². The van der Waals surface area contributed by atoms with Crippen LogP contribution in [0.4, 0.5) is 0 Å². The summed E-state index contributed by atoms with van der Waals surface area (Å²) < 4.78 is 10.8. The van der Waals surface area contributed by atoms with Gasteiger partial charge in [0.05, 0.1) is 13.0 Å². The van der Waals surface area contributed by atoms with Crippen LogP contribution in [0.15, 0.2) is 54.6 Å². The molecule has 0 fully saturated rings. The second-order valence-corrected chi connectivity index (χ2v) is 4.93. The van der Waals surface area contributed by atoms with Gasteiger partial charge in [0.2, 0.25) is 0 Å². The average Bonchev–Trinajstić information content (AvgIpc) is 2.54. The molecule has 0 aliphatic rings. The normalized spacial score (nSPS) is 11.2. The highest BCUT2D eigenvalue weighted by atomic mass is 35.5. The summed E-state index contributed by atoms with van der Waals surface area (Å²) in [6, 6.07) is 17.0. The zero-order chi connectivity index (χ0) is 15.8. The topological polar surface area (TPSA) is 61.5 Å². The van der Waals surface area contributed by atoms with E-state index in [-0.39, 0.29) is 24.8 Å². The molecular formula is C18H22ClNO3. The van der Waals surface area contributed by atoms with E-state index in [4.69, 9.17) is 15.2 Å². The first-order chi connectivity index (χ1) is 10.7. The predicted molar refractivity (Wildman–Crippen MR) is 92.6 cm³/mol. The quantitative estimate of drug-likeness (QED) is 0.785. The van der Waals surface area contributed by atoms with Gasteiger partial charge in [-0.1, -0.05) is 48.5 Å². The van der Waals surface area contributed by atoms with Crippen LogP contribution in [0.2, 0.25) is 0 Å². The Morgan fingerprint density at radius 1 is 1.09 bits per heavy atom. The third kappa shape index (κ3) is 5.93. The minimum atomic E-state index is -0.439. The molecule has 1 atom stereocenters. The van der Waals surface area contributed by atoms with Gasteiger partial charge in [-0.2, -0.15) is 0 Å². The van der Waals surface area contributed by atoms with Gasteiger partial charge in [-0.3, -0.25) is 4.79 Å². The number of para-hydroxylation sites is 1. The number of carbonyl (C=O) groups excluding carboxylic acids is 1. The Morgan fingerprint density at radius 3 is 2.43 bits per heavy atom. The van der Waals surface area contributed by atoms with Crippen molar-refractivity contribution in [2.45, 2.75) is 26.0 Å². The van der Waals surface area contributed by atoms with Crippen LogP contribution < -0.4 is 10.5 Å². The summed E-state index contributed by atoms with van der Waals surface area (Å²) in [5.74, 6) is 0.399. The summed E-state index contributed by atoms with van der Waals surface area (Å²) in [6.07, 6.45) is 0.138. The smallest absolute Gasteiger partial charge is 0.307 e. The summed E-state index contributed by atoms with van der Waals surface area (Å²) in [4.78, 5) is 11.6. The molecule has 0 radical (unpaired) electrons. The van der Waals surface area contributed by atoms with Gasteiger partial charge in [0, 0.05) is 11.6 Å². The standard InChI is InChI=1S/C18H21NO3.ClH/c1-2-21-18(20)12-16(19)15-10-6-7-11-17(15)22-13-14-8-4-3-5-9-14;/h3-11,16H,2,12-13,19H2,1H3;1H/t16-;/m0./s1. The van der Waals surface area contributed by atoms with Crippen molar-refractivity contribution >= 4 is 18.4 Å². The van der Waals surface area contributed by atoms with Gasteiger partial charge in [-0.15, -0.1) is 12.4 Å². The Labute approximate surface area is 143 Å². The van der Waals surface area contributed by atoms with Crippen molar-refractivity contribution < 1.29 is 14.3 Å².